The van der Waals surface area contributed by atoms with Crippen molar-refractivity contribution in [1.29, 1.82) is 5.26 Å². The SMILES string of the molecule is Cn1nc(C(F)(F)F)c2c1CCN(Cc1ccc(C#N)c(-c3ccc4c(n3)n(C)c(=O)n4CC(C)(C)C)c1)C2. The molecule has 39 heavy (non-hydrogen) atoms. The van der Waals surface area contributed by atoms with Crippen LogP contribution in [-0.2, 0) is 46.3 Å². The van der Waals surface area contributed by atoms with Crippen molar-refractivity contribution in [3.05, 3.63) is 68.9 Å². The van der Waals surface area contributed by atoms with E-state index in [4.69, 9.17) is 4.98 Å². The Balaban J connectivity index is 1.48. The highest BCUT2D eigenvalue weighted by atomic mass is 19.4. The lowest BCUT2D eigenvalue weighted by Gasteiger charge is -2.28. The van der Waals surface area contributed by atoms with Crippen LogP contribution < -0.4 is 5.69 Å². The molecule has 1 aliphatic heterocycles. The molecular formula is C28H30F3N7O. The van der Waals surface area contributed by atoms with Gasteiger partial charge in [-0.05, 0) is 35.2 Å². The molecular weight excluding hydrogens is 507 g/mol. The van der Waals surface area contributed by atoms with Crippen LogP contribution in [0.2, 0.25) is 0 Å². The quantitative estimate of drug-likeness (QED) is 0.379. The van der Waals surface area contributed by atoms with Gasteiger partial charge in [-0.3, -0.25) is 18.7 Å². The summed E-state index contributed by atoms with van der Waals surface area (Å²) in [7, 11) is 3.23. The molecule has 0 amide bonds. The highest BCUT2D eigenvalue weighted by molar-refractivity contribution is 5.78. The first-order valence-electron chi connectivity index (χ1n) is 12.7. The minimum atomic E-state index is -4.51. The van der Waals surface area contributed by atoms with Crippen LogP contribution in [0.15, 0.2) is 35.1 Å². The summed E-state index contributed by atoms with van der Waals surface area (Å²) in [4.78, 5) is 19.7. The molecule has 0 radical (unpaired) electrons. The second-order valence-corrected chi connectivity index (χ2v) is 11.4. The molecule has 8 nitrogen and oxygen atoms in total. The van der Waals surface area contributed by atoms with Crippen molar-refractivity contribution in [2.24, 2.45) is 19.5 Å². The molecule has 0 fully saturated rings. The van der Waals surface area contributed by atoms with Crippen LogP contribution in [0.1, 0.15) is 48.8 Å². The third kappa shape index (κ3) is 4.96. The van der Waals surface area contributed by atoms with Crippen molar-refractivity contribution in [3.8, 4) is 17.3 Å². The predicted molar refractivity (Wildman–Crippen MR) is 141 cm³/mol. The molecule has 0 saturated heterocycles. The van der Waals surface area contributed by atoms with Crippen LogP contribution in [0.4, 0.5) is 13.2 Å². The molecule has 1 aliphatic rings. The number of hydrogen-bond acceptors (Lipinski definition) is 5. The third-order valence-corrected chi connectivity index (χ3v) is 7.09. The highest BCUT2D eigenvalue weighted by Crippen LogP contribution is 2.35. The maximum absolute atomic E-state index is 13.6. The lowest BCUT2D eigenvalue weighted by Crippen LogP contribution is -2.31. The van der Waals surface area contributed by atoms with Gasteiger partial charge in [0.15, 0.2) is 11.3 Å². The predicted octanol–water partition coefficient (Wildman–Crippen LogP) is 4.63. The van der Waals surface area contributed by atoms with E-state index in [2.05, 4.69) is 31.9 Å². The fraction of sp³-hybridized carbons (Fsp3) is 0.429. The minimum absolute atomic E-state index is 0.106. The van der Waals surface area contributed by atoms with E-state index in [-0.39, 0.29) is 23.2 Å². The Morgan fingerprint density at radius 1 is 1.10 bits per heavy atom. The van der Waals surface area contributed by atoms with E-state index >= 15 is 0 Å². The molecule has 0 unspecified atom stereocenters. The highest BCUT2D eigenvalue weighted by Gasteiger charge is 2.40. The molecule has 0 bridgehead atoms. The van der Waals surface area contributed by atoms with E-state index in [1.165, 1.54) is 9.25 Å². The zero-order valence-corrected chi connectivity index (χ0v) is 22.6. The number of hydrogen-bond donors (Lipinski definition) is 0. The maximum Gasteiger partial charge on any atom is 0.435 e. The van der Waals surface area contributed by atoms with E-state index < -0.39 is 11.9 Å². The van der Waals surface area contributed by atoms with Crippen molar-refractivity contribution in [1.82, 2.24) is 28.8 Å². The van der Waals surface area contributed by atoms with Crippen molar-refractivity contribution in [2.45, 2.75) is 53.0 Å². The largest absolute Gasteiger partial charge is 0.435 e. The first-order chi connectivity index (χ1) is 18.3. The normalized spacial score (nSPS) is 14.5. The number of aryl methyl sites for hydroxylation is 2. The summed E-state index contributed by atoms with van der Waals surface area (Å²) in [5.74, 6) is 0. The molecule has 0 N–H and O–H groups in total. The van der Waals surface area contributed by atoms with Gasteiger partial charge in [0.2, 0.25) is 0 Å². The topological polar surface area (TPSA) is 84.7 Å². The molecule has 5 rings (SSSR count). The van der Waals surface area contributed by atoms with Crippen LogP contribution in [0.25, 0.3) is 22.4 Å². The summed E-state index contributed by atoms with van der Waals surface area (Å²) in [5, 5.41) is 13.5. The second kappa shape index (κ2) is 9.38. The van der Waals surface area contributed by atoms with Crippen molar-refractivity contribution in [3.63, 3.8) is 0 Å². The average molecular weight is 538 g/mol. The van der Waals surface area contributed by atoms with Gasteiger partial charge in [0.1, 0.15) is 0 Å². The lowest BCUT2D eigenvalue weighted by atomic mass is 9.97. The number of aromatic nitrogens is 5. The standard InChI is InChI=1S/C28H30F3N7O/c1-27(2,3)16-38-23-9-8-21(33-25(23)35(4)26(38)39)19-12-17(6-7-18(19)13-32)14-37-11-10-22-20(15-37)24(28(29,30)31)34-36(22)5/h6-9,12H,10-11,14-16H2,1-5H3. The smallest absolute Gasteiger partial charge is 0.294 e. The molecule has 0 atom stereocenters. The monoisotopic (exact) mass is 537 g/mol. The number of fused-ring (bicyclic) bond motifs is 2. The van der Waals surface area contributed by atoms with Crippen molar-refractivity contribution in [2.75, 3.05) is 6.54 Å². The van der Waals surface area contributed by atoms with Crippen LogP contribution in [0, 0.1) is 16.7 Å². The van der Waals surface area contributed by atoms with Crippen LogP contribution >= 0.6 is 0 Å². The first-order valence-corrected chi connectivity index (χ1v) is 12.7. The van der Waals surface area contributed by atoms with E-state index in [1.54, 1.807) is 30.8 Å². The Hall–Kier alpha value is -3.91. The summed E-state index contributed by atoms with van der Waals surface area (Å²) in [6.45, 7) is 7.86. The zero-order chi connectivity index (χ0) is 28.3. The van der Waals surface area contributed by atoms with Crippen LogP contribution in [-0.4, -0.2) is 35.3 Å². The summed E-state index contributed by atoms with van der Waals surface area (Å²) in [5.41, 5.74) is 3.43. The molecule has 11 heteroatoms. The summed E-state index contributed by atoms with van der Waals surface area (Å²) >= 11 is 0. The van der Waals surface area contributed by atoms with E-state index in [0.717, 1.165) is 11.1 Å². The van der Waals surface area contributed by atoms with Crippen molar-refractivity contribution >= 4 is 11.2 Å². The fourth-order valence-corrected chi connectivity index (χ4v) is 5.32. The lowest BCUT2D eigenvalue weighted by molar-refractivity contribution is -0.142. The Labute approximate surface area is 223 Å². The summed E-state index contributed by atoms with van der Waals surface area (Å²) in [6, 6.07) is 11.3. The van der Waals surface area contributed by atoms with Gasteiger partial charge < -0.3 is 0 Å². The van der Waals surface area contributed by atoms with Crippen molar-refractivity contribution < 1.29 is 13.2 Å². The third-order valence-electron chi connectivity index (χ3n) is 7.09. The van der Waals surface area contributed by atoms with Gasteiger partial charge in [0, 0.05) is 63.5 Å². The number of rotatable bonds is 4. The molecule has 3 aromatic heterocycles. The Bertz CT molecular complexity index is 1680. The van der Waals surface area contributed by atoms with Gasteiger partial charge in [0.25, 0.3) is 0 Å². The Morgan fingerprint density at radius 3 is 2.51 bits per heavy atom. The van der Waals surface area contributed by atoms with E-state index in [0.29, 0.717) is 54.2 Å². The minimum Gasteiger partial charge on any atom is -0.294 e. The van der Waals surface area contributed by atoms with Crippen LogP contribution in [0.3, 0.4) is 0 Å². The second-order valence-electron chi connectivity index (χ2n) is 11.4. The van der Waals surface area contributed by atoms with Gasteiger partial charge in [-0.25, -0.2) is 9.78 Å². The van der Waals surface area contributed by atoms with Gasteiger partial charge in [-0.1, -0.05) is 26.8 Å². The van der Waals surface area contributed by atoms with Gasteiger partial charge >= 0.3 is 11.9 Å². The first kappa shape index (κ1) is 26.7. The number of imidazole rings is 1. The molecule has 0 spiro atoms. The molecule has 4 aromatic rings. The average Bonchev–Trinajstić information content (AvgIpc) is 3.32. The summed E-state index contributed by atoms with van der Waals surface area (Å²) in [6.07, 6.45) is -4.04. The molecule has 4 heterocycles. The number of benzene rings is 1. The van der Waals surface area contributed by atoms with Crippen LogP contribution in [0.5, 0.6) is 0 Å². The molecule has 204 valence electrons. The number of nitrogens with zero attached hydrogens (tertiary/aromatic N) is 7. The number of pyridine rings is 1. The van der Waals surface area contributed by atoms with E-state index in [1.807, 2.05) is 23.1 Å². The molecule has 0 aliphatic carbocycles. The van der Waals surface area contributed by atoms with Gasteiger partial charge in [-0.2, -0.15) is 23.5 Å². The number of alkyl halides is 3. The van der Waals surface area contributed by atoms with Gasteiger partial charge in [0.05, 0.1) is 22.8 Å². The molecule has 1 aromatic carbocycles. The summed E-state index contributed by atoms with van der Waals surface area (Å²) < 4.78 is 45.2. The van der Waals surface area contributed by atoms with Gasteiger partial charge in [-0.15, -0.1) is 0 Å². The number of halogens is 3. The maximum atomic E-state index is 13.6. The Kier molecular flexibility index (Phi) is 6.42. The Morgan fingerprint density at radius 2 is 1.85 bits per heavy atom. The zero-order valence-electron chi connectivity index (χ0n) is 22.6. The molecule has 0 saturated carbocycles. The fourth-order valence-electron chi connectivity index (χ4n) is 5.32. The number of nitriles is 1. The van der Waals surface area contributed by atoms with E-state index in [9.17, 15) is 23.2 Å².